The molecule has 0 amide bonds. The van der Waals surface area contributed by atoms with E-state index in [-0.39, 0.29) is 5.56 Å². The first-order valence-electron chi connectivity index (χ1n) is 6.82. The Morgan fingerprint density at radius 1 is 1.43 bits per heavy atom. The number of fused-ring (bicyclic) bond motifs is 3. The van der Waals surface area contributed by atoms with Gasteiger partial charge in [0.2, 0.25) is 0 Å². The molecule has 0 aromatic carbocycles. The minimum absolute atomic E-state index is 0.0287. The summed E-state index contributed by atoms with van der Waals surface area (Å²) >= 11 is 8.66. The fourth-order valence-electron chi connectivity index (χ4n) is 2.86. The molecule has 3 aromatic rings. The number of aromatic nitrogens is 3. The van der Waals surface area contributed by atoms with Crippen LogP contribution in [0.15, 0.2) is 11.0 Å². The molecule has 4 rings (SSSR count). The van der Waals surface area contributed by atoms with Crippen molar-refractivity contribution < 1.29 is 0 Å². The zero-order valence-corrected chi connectivity index (χ0v) is 13.9. The van der Waals surface area contributed by atoms with Crippen LogP contribution in [0.5, 0.6) is 0 Å². The lowest BCUT2D eigenvalue weighted by Gasteiger charge is -2.05. The van der Waals surface area contributed by atoms with E-state index in [9.17, 15) is 4.79 Å². The molecule has 1 aliphatic rings. The van der Waals surface area contributed by atoms with Crippen molar-refractivity contribution in [2.75, 3.05) is 0 Å². The first-order valence-corrected chi connectivity index (χ1v) is 8.86. The molecule has 3 heterocycles. The third-order valence-corrected chi connectivity index (χ3v) is 6.24. The standard InChI is InChI=1S/C14H13N3OS3/c1-7-5-15-10(20-7)6-17-13(18)11-8-3-2-4-9(8)21-12(11)16-14(17)19/h5H,2-4,6H2,1H3,(H,16,19). The molecule has 7 heteroatoms. The first kappa shape index (κ1) is 13.4. The quantitative estimate of drug-likeness (QED) is 0.730. The third-order valence-electron chi connectivity index (χ3n) is 3.81. The Labute approximate surface area is 134 Å². The number of thiazole rings is 1. The van der Waals surface area contributed by atoms with Gasteiger partial charge >= 0.3 is 0 Å². The second kappa shape index (κ2) is 4.86. The van der Waals surface area contributed by atoms with Gasteiger partial charge in [0.15, 0.2) is 4.77 Å². The topological polar surface area (TPSA) is 50.7 Å². The minimum Gasteiger partial charge on any atom is -0.323 e. The summed E-state index contributed by atoms with van der Waals surface area (Å²) in [5.41, 5.74) is 1.26. The van der Waals surface area contributed by atoms with E-state index in [1.165, 1.54) is 10.4 Å². The third kappa shape index (κ3) is 2.11. The van der Waals surface area contributed by atoms with Crippen LogP contribution in [0.2, 0.25) is 0 Å². The summed E-state index contributed by atoms with van der Waals surface area (Å²) in [5.74, 6) is 0. The molecule has 0 unspecified atom stereocenters. The van der Waals surface area contributed by atoms with Crippen LogP contribution in [0.1, 0.15) is 26.7 Å². The Bertz CT molecular complexity index is 960. The van der Waals surface area contributed by atoms with Crippen LogP contribution in [0.25, 0.3) is 10.2 Å². The molecule has 0 bridgehead atoms. The van der Waals surface area contributed by atoms with Gasteiger partial charge in [0.1, 0.15) is 9.84 Å². The Hall–Kier alpha value is -1.31. The van der Waals surface area contributed by atoms with E-state index in [1.807, 2.05) is 13.1 Å². The predicted octanol–water partition coefficient (Wildman–Crippen LogP) is 3.42. The highest BCUT2D eigenvalue weighted by atomic mass is 32.1. The maximum absolute atomic E-state index is 12.8. The second-order valence-electron chi connectivity index (χ2n) is 5.25. The Morgan fingerprint density at radius 3 is 3.05 bits per heavy atom. The van der Waals surface area contributed by atoms with E-state index in [1.54, 1.807) is 27.2 Å². The lowest BCUT2D eigenvalue weighted by atomic mass is 10.2. The molecule has 0 fully saturated rings. The lowest BCUT2D eigenvalue weighted by molar-refractivity contribution is 0.730. The van der Waals surface area contributed by atoms with Gasteiger partial charge in [-0.25, -0.2) is 4.98 Å². The van der Waals surface area contributed by atoms with Crippen molar-refractivity contribution in [3.05, 3.63) is 41.6 Å². The van der Waals surface area contributed by atoms with Crippen molar-refractivity contribution >= 4 is 45.1 Å². The van der Waals surface area contributed by atoms with Crippen LogP contribution in [0, 0.1) is 11.7 Å². The van der Waals surface area contributed by atoms with E-state index in [2.05, 4.69) is 9.97 Å². The predicted molar refractivity (Wildman–Crippen MR) is 89.2 cm³/mol. The highest BCUT2D eigenvalue weighted by molar-refractivity contribution is 7.71. The number of nitrogens with zero attached hydrogens (tertiary/aromatic N) is 2. The molecular formula is C14H13N3OS3. The van der Waals surface area contributed by atoms with Gasteiger partial charge in [-0.2, -0.15) is 0 Å². The number of hydrogen-bond acceptors (Lipinski definition) is 5. The average molecular weight is 335 g/mol. The maximum Gasteiger partial charge on any atom is 0.263 e. The molecule has 0 saturated heterocycles. The van der Waals surface area contributed by atoms with Crippen LogP contribution in [-0.2, 0) is 19.4 Å². The second-order valence-corrected chi connectivity index (χ2v) is 8.06. The minimum atomic E-state index is 0.0287. The fourth-order valence-corrected chi connectivity index (χ4v) is 5.23. The average Bonchev–Trinajstić information content (AvgIpc) is 3.10. The van der Waals surface area contributed by atoms with Crippen molar-refractivity contribution in [2.24, 2.45) is 0 Å². The van der Waals surface area contributed by atoms with Crippen LogP contribution in [0.4, 0.5) is 0 Å². The highest BCUT2D eigenvalue weighted by Crippen LogP contribution is 2.34. The summed E-state index contributed by atoms with van der Waals surface area (Å²) < 4.78 is 2.13. The molecule has 1 N–H and O–H groups in total. The van der Waals surface area contributed by atoms with Gasteiger partial charge in [0, 0.05) is 16.0 Å². The Kier molecular flexibility index (Phi) is 3.09. The van der Waals surface area contributed by atoms with Crippen molar-refractivity contribution in [1.82, 2.24) is 14.5 Å². The summed E-state index contributed by atoms with van der Waals surface area (Å²) in [6, 6.07) is 0. The van der Waals surface area contributed by atoms with Crippen molar-refractivity contribution in [3.63, 3.8) is 0 Å². The first-order chi connectivity index (χ1) is 10.1. The van der Waals surface area contributed by atoms with Gasteiger partial charge < -0.3 is 4.98 Å². The van der Waals surface area contributed by atoms with E-state index in [0.29, 0.717) is 11.3 Å². The van der Waals surface area contributed by atoms with E-state index in [4.69, 9.17) is 12.2 Å². The molecule has 108 valence electrons. The van der Waals surface area contributed by atoms with Crippen molar-refractivity contribution in [2.45, 2.75) is 32.7 Å². The van der Waals surface area contributed by atoms with Crippen LogP contribution >= 0.6 is 34.9 Å². The Morgan fingerprint density at radius 2 is 2.29 bits per heavy atom. The molecule has 0 saturated carbocycles. The van der Waals surface area contributed by atoms with Crippen molar-refractivity contribution in [1.29, 1.82) is 0 Å². The van der Waals surface area contributed by atoms with E-state index >= 15 is 0 Å². The summed E-state index contributed by atoms with van der Waals surface area (Å²) in [6.45, 7) is 2.47. The highest BCUT2D eigenvalue weighted by Gasteiger charge is 2.21. The largest absolute Gasteiger partial charge is 0.323 e. The van der Waals surface area contributed by atoms with Gasteiger partial charge in [0.05, 0.1) is 11.9 Å². The molecule has 0 atom stereocenters. The van der Waals surface area contributed by atoms with Gasteiger partial charge in [-0.1, -0.05) is 0 Å². The molecule has 3 aromatic heterocycles. The van der Waals surface area contributed by atoms with Crippen LogP contribution < -0.4 is 5.56 Å². The zero-order chi connectivity index (χ0) is 14.6. The van der Waals surface area contributed by atoms with Crippen molar-refractivity contribution in [3.8, 4) is 0 Å². The van der Waals surface area contributed by atoms with Gasteiger partial charge in [-0.05, 0) is 44.0 Å². The molecule has 4 nitrogen and oxygen atoms in total. The number of nitrogens with one attached hydrogen (secondary N) is 1. The smallest absolute Gasteiger partial charge is 0.263 e. The molecule has 21 heavy (non-hydrogen) atoms. The zero-order valence-electron chi connectivity index (χ0n) is 11.4. The van der Waals surface area contributed by atoms with E-state index < -0.39 is 0 Å². The number of aromatic amines is 1. The van der Waals surface area contributed by atoms with E-state index in [0.717, 1.165) is 39.4 Å². The van der Waals surface area contributed by atoms with Gasteiger partial charge in [0.25, 0.3) is 5.56 Å². The number of thiophene rings is 1. The summed E-state index contributed by atoms with van der Waals surface area (Å²) in [5, 5.41) is 1.76. The number of aryl methyl sites for hydroxylation is 3. The molecular weight excluding hydrogens is 322 g/mol. The number of hydrogen-bond donors (Lipinski definition) is 1. The monoisotopic (exact) mass is 335 g/mol. The molecule has 0 aliphatic heterocycles. The molecule has 1 aliphatic carbocycles. The lowest BCUT2D eigenvalue weighted by Crippen LogP contribution is -2.22. The van der Waals surface area contributed by atoms with Crippen LogP contribution in [0.3, 0.4) is 0 Å². The number of H-pyrrole nitrogens is 1. The molecule has 0 spiro atoms. The summed E-state index contributed by atoms with van der Waals surface area (Å²) in [4.78, 5) is 23.8. The fraction of sp³-hybridized carbons (Fsp3) is 0.357. The maximum atomic E-state index is 12.8. The summed E-state index contributed by atoms with van der Waals surface area (Å²) in [6.07, 6.45) is 5.07. The Balaban J connectivity index is 1.93. The number of rotatable bonds is 2. The van der Waals surface area contributed by atoms with Gasteiger partial charge in [-0.15, -0.1) is 22.7 Å². The van der Waals surface area contributed by atoms with Gasteiger partial charge in [-0.3, -0.25) is 9.36 Å². The normalized spacial score (nSPS) is 14.0. The molecule has 0 radical (unpaired) electrons. The van der Waals surface area contributed by atoms with Crippen LogP contribution in [-0.4, -0.2) is 14.5 Å². The SMILES string of the molecule is Cc1cnc(Cn2c(=S)[nH]c3sc4c(c3c2=O)CCC4)s1. The summed E-state index contributed by atoms with van der Waals surface area (Å²) in [7, 11) is 0.